The van der Waals surface area contributed by atoms with Gasteiger partial charge >= 0.3 is 0 Å². The highest BCUT2D eigenvalue weighted by atomic mass is 79.9. The van der Waals surface area contributed by atoms with Crippen LogP contribution in [0.5, 0.6) is 0 Å². The van der Waals surface area contributed by atoms with E-state index in [4.69, 9.17) is 5.73 Å². The summed E-state index contributed by atoms with van der Waals surface area (Å²) in [5.74, 6) is 1.56. The van der Waals surface area contributed by atoms with Gasteiger partial charge in [-0.3, -0.25) is 0 Å². The average molecular weight is 325 g/mol. The summed E-state index contributed by atoms with van der Waals surface area (Å²) in [5, 5.41) is 0. The summed E-state index contributed by atoms with van der Waals surface area (Å²) in [6, 6.07) is 6.97. The van der Waals surface area contributed by atoms with Gasteiger partial charge in [-0.15, -0.1) is 0 Å². The van der Waals surface area contributed by atoms with Crippen LogP contribution in [0.3, 0.4) is 0 Å². The number of hydrogen-bond acceptors (Lipinski definition) is 2. The van der Waals surface area contributed by atoms with E-state index in [9.17, 15) is 0 Å². The smallest absolute Gasteiger partial charge is 0.0511 e. The van der Waals surface area contributed by atoms with Gasteiger partial charge in [0, 0.05) is 23.6 Å². The molecule has 3 atom stereocenters. The third kappa shape index (κ3) is 3.51. The summed E-state index contributed by atoms with van der Waals surface area (Å²) in [7, 11) is 0. The summed E-state index contributed by atoms with van der Waals surface area (Å²) in [6.45, 7) is 9.14. The Morgan fingerprint density at radius 2 is 1.95 bits per heavy atom. The van der Waals surface area contributed by atoms with Crippen molar-refractivity contribution in [1.82, 2.24) is 0 Å². The summed E-state index contributed by atoms with van der Waals surface area (Å²) in [6.07, 6.45) is 1.99. The second-order valence-corrected chi connectivity index (χ2v) is 6.87. The Bertz CT molecular complexity index is 423. The van der Waals surface area contributed by atoms with Gasteiger partial charge in [-0.2, -0.15) is 0 Å². The van der Waals surface area contributed by atoms with E-state index in [0.29, 0.717) is 0 Å². The van der Waals surface area contributed by atoms with Gasteiger partial charge in [0.1, 0.15) is 0 Å². The van der Waals surface area contributed by atoms with Crippen molar-refractivity contribution in [2.24, 2.45) is 17.6 Å². The lowest BCUT2D eigenvalue weighted by Crippen LogP contribution is -2.22. The molecule has 2 nitrogen and oxygen atoms in total. The number of nitrogens with zero attached hydrogens (tertiary/aromatic N) is 1. The summed E-state index contributed by atoms with van der Waals surface area (Å²) in [5.41, 5.74) is 8.67. The molecule has 19 heavy (non-hydrogen) atoms. The lowest BCUT2D eigenvalue weighted by atomic mass is 10.0. The van der Waals surface area contributed by atoms with Crippen molar-refractivity contribution in [3.8, 4) is 0 Å². The van der Waals surface area contributed by atoms with Crippen LogP contribution in [0.1, 0.15) is 32.8 Å². The number of benzene rings is 1. The van der Waals surface area contributed by atoms with E-state index in [1.807, 2.05) is 0 Å². The van der Waals surface area contributed by atoms with Crippen molar-refractivity contribution >= 4 is 21.6 Å². The van der Waals surface area contributed by atoms with Crippen LogP contribution in [0.4, 0.5) is 5.69 Å². The lowest BCUT2D eigenvalue weighted by Gasteiger charge is -2.21. The SMILES string of the molecule is CCC(N)Cc1ccc(N2CC(C)C(C)C2)c(Br)c1. The third-order valence-electron chi connectivity index (χ3n) is 4.36. The molecule has 1 aromatic carbocycles. The number of halogens is 1. The summed E-state index contributed by atoms with van der Waals surface area (Å²) >= 11 is 3.73. The molecule has 1 heterocycles. The van der Waals surface area contributed by atoms with Gasteiger partial charge in [0.25, 0.3) is 0 Å². The predicted molar refractivity (Wildman–Crippen MR) is 86.7 cm³/mol. The molecule has 3 unspecified atom stereocenters. The van der Waals surface area contributed by atoms with Gasteiger partial charge in [0.2, 0.25) is 0 Å². The zero-order valence-electron chi connectivity index (χ0n) is 12.2. The first-order valence-electron chi connectivity index (χ1n) is 7.30. The van der Waals surface area contributed by atoms with E-state index in [1.165, 1.54) is 15.7 Å². The minimum absolute atomic E-state index is 0.268. The molecular formula is C16H25BrN2. The predicted octanol–water partition coefficient (Wildman–Crippen LogP) is 3.82. The highest BCUT2D eigenvalue weighted by Gasteiger charge is 2.27. The molecule has 2 N–H and O–H groups in total. The molecule has 0 aliphatic carbocycles. The molecule has 2 rings (SSSR count). The van der Waals surface area contributed by atoms with Gasteiger partial charge < -0.3 is 10.6 Å². The van der Waals surface area contributed by atoms with Crippen LogP contribution in [0.25, 0.3) is 0 Å². The van der Waals surface area contributed by atoms with Crippen LogP contribution in [0.2, 0.25) is 0 Å². The molecule has 0 amide bonds. The van der Waals surface area contributed by atoms with Gasteiger partial charge in [0.15, 0.2) is 0 Å². The summed E-state index contributed by atoms with van der Waals surface area (Å²) < 4.78 is 1.20. The summed E-state index contributed by atoms with van der Waals surface area (Å²) in [4.78, 5) is 2.49. The minimum Gasteiger partial charge on any atom is -0.370 e. The topological polar surface area (TPSA) is 29.3 Å². The monoisotopic (exact) mass is 324 g/mol. The van der Waals surface area contributed by atoms with Crippen LogP contribution in [-0.4, -0.2) is 19.1 Å². The standard InChI is InChI=1S/C16H25BrN2/c1-4-14(18)7-13-5-6-16(15(17)8-13)19-9-11(2)12(3)10-19/h5-6,8,11-12,14H,4,7,9-10,18H2,1-3H3. The molecule has 1 saturated heterocycles. The second kappa shape index (κ2) is 6.27. The number of nitrogens with two attached hydrogens (primary N) is 1. The Labute approximate surface area is 125 Å². The van der Waals surface area contributed by atoms with Crippen LogP contribution < -0.4 is 10.6 Å². The van der Waals surface area contributed by atoms with Crippen LogP contribution in [0.15, 0.2) is 22.7 Å². The molecule has 1 aliphatic rings. The van der Waals surface area contributed by atoms with Crippen molar-refractivity contribution < 1.29 is 0 Å². The van der Waals surface area contributed by atoms with E-state index in [2.05, 4.69) is 59.8 Å². The van der Waals surface area contributed by atoms with E-state index < -0.39 is 0 Å². The molecule has 3 heteroatoms. The van der Waals surface area contributed by atoms with Crippen LogP contribution >= 0.6 is 15.9 Å². The Morgan fingerprint density at radius 3 is 2.47 bits per heavy atom. The normalized spacial score (nSPS) is 24.8. The van der Waals surface area contributed by atoms with Gasteiger partial charge in [-0.1, -0.05) is 26.8 Å². The van der Waals surface area contributed by atoms with Crippen molar-refractivity contribution in [2.45, 2.75) is 39.7 Å². The molecule has 1 aliphatic heterocycles. The third-order valence-corrected chi connectivity index (χ3v) is 5.00. The molecule has 0 saturated carbocycles. The van der Waals surface area contributed by atoms with Gasteiger partial charge in [-0.25, -0.2) is 0 Å². The minimum atomic E-state index is 0.268. The van der Waals surface area contributed by atoms with E-state index in [1.54, 1.807) is 0 Å². The molecule has 0 bridgehead atoms. The average Bonchev–Trinajstić information content (AvgIpc) is 2.69. The first kappa shape index (κ1) is 14.9. The fourth-order valence-electron chi connectivity index (χ4n) is 2.71. The Balaban J connectivity index is 2.11. The number of rotatable bonds is 4. The zero-order valence-corrected chi connectivity index (χ0v) is 13.8. The van der Waals surface area contributed by atoms with E-state index in [-0.39, 0.29) is 6.04 Å². The van der Waals surface area contributed by atoms with Crippen molar-refractivity contribution in [2.75, 3.05) is 18.0 Å². The fourth-order valence-corrected chi connectivity index (χ4v) is 3.38. The quantitative estimate of drug-likeness (QED) is 0.912. The fraction of sp³-hybridized carbons (Fsp3) is 0.625. The zero-order chi connectivity index (χ0) is 14.0. The van der Waals surface area contributed by atoms with Crippen LogP contribution in [-0.2, 0) is 6.42 Å². The second-order valence-electron chi connectivity index (χ2n) is 6.02. The molecule has 1 fully saturated rings. The van der Waals surface area contributed by atoms with E-state index in [0.717, 1.165) is 37.8 Å². The maximum Gasteiger partial charge on any atom is 0.0511 e. The maximum absolute atomic E-state index is 6.03. The van der Waals surface area contributed by atoms with Crippen molar-refractivity contribution in [3.05, 3.63) is 28.2 Å². The Morgan fingerprint density at radius 1 is 1.32 bits per heavy atom. The lowest BCUT2D eigenvalue weighted by molar-refractivity contribution is 0.494. The first-order valence-corrected chi connectivity index (χ1v) is 8.09. The Kier molecular flexibility index (Phi) is 4.91. The highest BCUT2D eigenvalue weighted by Crippen LogP contribution is 2.33. The number of hydrogen-bond donors (Lipinski definition) is 1. The molecule has 0 radical (unpaired) electrons. The molecular weight excluding hydrogens is 300 g/mol. The number of anilines is 1. The largest absolute Gasteiger partial charge is 0.370 e. The van der Waals surface area contributed by atoms with Crippen molar-refractivity contribution in [3.63, 3.8) is 0 Å². The van der Waals surface area contributed by atoms with Gasteiger partial charge in [0.05, 0.1) is 5.69 Å². The van der Waals surface area contributed by atoms with E-state index >= 15 is 0 Å². The molecule has 1 aromatic rings. The molecule has 106 valence electrons. The molecule has 0 spiro atoms. The first-order chi connectivity index (χ1) is 9.01. The van der Waals surface area contributed by atoms with Crippen LogP contribution in [0, 0.1) is 11.8 Å². The molecule has 0 aromatic heterocycles. The van der Waals surface area contributed by atoms with Gasteiger partial charge in [-0.05, 0) is 58.3 Å². The Hall–Kier alpha value is -0.540. The van der Waals surface area contributed by atoms with Crippen molar-refractivity contribution in [1.29, 1.82) is 0 Å². The highest BCUT2D eigenvalue weighted by molar-refractivity contribution is 9.10. The maximum atomic E-state index is 6.03.